The number of nitrogen functional groups attached to an aromatic ring is 1. The van der Waals surface area contributed by atoms with Gasteiger partial charge in [-0.05, 0) is 50.8 Å². The number of rotatable bonds is 4. The normalized spacial score (nSPS) is 15.3. The quantitative estimate of drug-likeness (QED) is 0.715. The van der Waals surface area contributed by atoms with Gasteiger partial charge in [0.15, 0.2) is 0 Å². The molecule has 98 valence electrons. The average molecular weight is 247 g/mol. The summed E-state index contributed by atoms with van der Waals surface area (Å²) >= 11 is 0. The van der Waals surface area contributed by atoms with Crippen molar-refractivity contribution in [2.45, 2.75) is 32.2 Å². The van der Waals surface area contributed by atoms with Crippen molar-refractivity contribution < 1.29 is 4.79 Å². The van der Waals surface area contributed by atoms with Gasteiger partial charge in [-0.15, -0.1) is 0 Å². The Labute approximate surface area is 108 Å². The van der Waals surface area contributed by atoms with Gasteiger partial charge in [0.2, 0.25) is 0 Å². The molecule has 2 rings (SSSR count). The largest absolute Gasteiger partial charge is 0.397 e. The molecule has 18 heavy (non-hydrogen) atoms. The Bertz CT molecular complexity index is 464. The molecule has 1 saturated carbocycles. The fourth-order valence-corrected chi connectivity index (χ4v) is 2.22. The number of amides is 1. The van der Waals surface area contributed by atoms with Crippen molar-refractivity contribution in [1.82, 2.24) is 5.32 Å². The molecule has 0 spiro atoms. The fourth-order valence-electron chi connectivity index (χ4n) is 2.22. The van der Waals surface area contributed by atoms with Crippen LogP contribution >= 0.6 is 0 Å². The second kappa shape index (κ2) is 4.52. The summed E-state index contributed by atoms with van der Waals surface area (Å²) in [6.07, 6.45) is 2.55. The van der Waals surface area contributed by atoms with Gasteiger partial charge in [-0.3, -0.25) is 4.79 Å². The molecule has 1 fully saturated rings. The van der Waals surface area contributed by atoms with Crippen LogP contribution in [0.1, 0.15) is 37.0 Å². The van der Waals surface area contributed by atoms with Gasteiger partial charge in [0.05, 0.1) is 11.4 Å². The molecular formula is C14H21N3O. The second-order valence-electron chi connectivity index (χ2n) is 5.50. The molecule has 4 nitrogen and oxygen atoms in total. The number of hydrogen-bond acceptors (Lipinski definition) is 3. The van der Waals surface area contributed by atoms with E-state index in [0.29, 0.717) is 11.3 Å². The number of carbonyl (C=O) groups excluding carboxylic acids is 1. The summed E-state index contributed by atoms with van der Waals surface area (Å²) in [5, 5.41) is 6.07. The van der Waals surface area contributed by atoms with Crippen molar-refractivity contribution in [3.8, 4) is 0 Å². The molecule has 0 heterocycles. The van der Waals surface area contributed by atoms with Crippen LogP contribution in [0.4, 0.5) is 11.4 Å². The third kappa shape index (κ3) is 2.58. The Hall–Kier alpha value is -1.71. The Morgan fingerprint density at radius 2 is 2.06 bits per heavy atom. The number of anilines is 2. The molecule has 4 heteroatoms. The Morgan fingerprint density at radius 3 is 2.56 bits per heavy atom. The number of nitrogens with two attached hydrogens (primary N) is 1. The average Bonchev–Trinajstić information content (AvgIpc) is 3.14. The summed E-state index contributed by atoms with van der Waals surface area (Å²) in [6.45, 7) is 4.38. The fraction of sp³-hybridized carbons (Fsp3) is 0.500. The summed E-state index contributed by atoms with van der Waals surface area (Å²) in [5.74, 6) is 0.602. The zero-order chi connectivity index (χ0) is 13.3. The molecule has 1 aliphatic rings. The van der Waals surface area contributed by atoms with E-state index in [9.17, 15) is 4.79 Å². The van der Waals surface area contributed by atoms with E-state index in [4.69, 9.17) is 5.73 Å². The van der Waals surface area contributed by atoms with Crippen LogP contribution in [0, 0.1) is 5.92 Å². The van der Waals surface area contributed by atoms with E-state index < -0.39 is 0 Å². The van der Waals surface area contributed by atoms with E-state index >= 15 is 0 Å². The van der Waals surface area contributed by atoms with Gasteiger partial charge >= 0.3 is 0 Å². The monoisotopic (exact) mass is 247 g/mol. The van der Waals surface area contributed by atoms with Crippen LogP contribution in [0.3, 0.4) is 0 Å². The molecule has 1 aliphatic carbocycles. The minimum atomic E-state index is -0.116. The Balaban J connectivity index is 2.17. The van der Waals surface area contributed by atoms with Crippen LogP contribution < -0.4 is 16.4 Å². The molecular weight excluding hydrogens is 226 g/mol. The van der Waals surface area contributed by atoms with Crippen molar-refractivity contribution in [2.24, 2.45) is 5.92 Å². The van der Waals surface area contributed by atoms with Crippen LogP contribution in [0.2, 0.25) is 0 Å². The zero-order valence-electron chi connectivity index (χ0n) is 11.2. The van der Waals surface area contributed by atoms with Crippen molar-refractivity contribution in [3.63, 3.8) is 0 Å². The molecule has 1 aromatic rings. The molecule has 1 amide bonds. The third-order valence-corrected chi connectivity index (χ3v) is 3.60. The lowest BCUT2D eigenvalue weighted by atomic mass is 9.98. The minimum Gasteiger partial charge on any atom is -0.397 e. The smallest absolute Gasteiger partial charge is 0.251 e. The lowest BCUT2D eigenvalue weighted by molar-refractivity contribution is 0.0963. The number of hydrogen-bond donors (Lipinski definition) is 3. The first kappa shape index (κ1) is 12.7. The Kier molecular flexibility index (Phi) is 3.20. The van der Waals surface area contributed by atoms with Crippen molar-refractivity contribution in [3.05, 3.63) is 23.8 Å². The van der Waals surface area contributed by atoms with Gasteiger partial charge in [-0.1, -0.05) is 0 Å². The molecule has 0 radical (unpaired) electrons. The highest BCUT2D eigenvalue weighted by atomic mass is 16.1. The maximum atomic E-state index is 11.5. The first-order valence-electron chi connectivity index (χ1n) is 6.34. The van der Waals surface area contributed by atoms with E-state index in [1.54, 1.807) is 19.2 Å². The van der Waals surface area contributed by atoms with Gasteiger partial charge in [0.1, 0.15) is 0 Å². The van der Waals surface area contributed by atoms with Gasteiger partial charge in [-0.25, -0.2) is 0 Å². The van der Waals surface area contributed by atoms with Crippen LogP contribution in [-0.4, -0.2) is 18.5 Å². The van der Waals surface area contributed by atoms with Crippen LogP contribution in [-0.2, 0) is 0 Å². The maximum absolute atomic E-state index is 11.5. The van der Waals surface area contributed by atoms with Crippen LogP contribution in [0.25, 0.3) is 0 Å². The first-order valence-corrected chi connectivity index (χ1v) is 6.34. The lowest BCUT2D eigenvalue weighted by Gasteiger charge is -2.28. The van der Waals surface area contributed by atoms with Crippen molar-refractivity contribution in [2.75, 3.05) is 18.1 Å². The van der Waals surface area contributed by atoms with E-state index in [1.807, 2.05) is 6.07 Å². The summed E-state index contributed by atoms with van der Waals surface area (Å²) in [5.41, 5.74) is 8.16. The maximum Gasteiger partial charge on any atom is 0.251 e. The Morgan fingerprint density at radius 1 is 1.39 bits per heavy atom. The molecule has 0 bridgehead atoms. The van der Waals surface area contributed by atoms with E-state index in [0.717, 1.165) is 11.6 Å². The summed E-state index contributed by atoms with van der Waals surface area (Å²) in [7, 11) is 1.61. The zero-order valence-corrected chi connectivity index (χ0v) is 11.2. The lowest BCUT2D eigenvalue weighted by Crippen LogP contribution is -2.33. The molecule has 0 aromatic heterocycles. The summed E-state index contributed by atoms with van der Waals surface area (Å²) in [6, 6.07) is 5.38. The number of carbonyl (C=O) groups is 1. The SMILES string of the molecule is CNC(=O)c1ccc(NC(C)(C)C2CC2)c(N)c1. The van der Waals surface area contributed by atoms with Gasteiger partial charge in [-0.2, -0.15) is 0 Å². The highest BCUT2D eigenvalue weighted by molar-refractivity contribution is 5.95. The predicted molar refractivity (Wildman–Crippen MR) is 74.7 cm³/mol. The molecule has 0 saturated heterocycles. The molecule has 1 aromatic carbocycles. The van der Waals surface area contributed by atoms with E-state index in [1.165, 1.54) is 12.8 Å². The number of nitrogens with one attached hydrogen (secondary N) is 2. The van der Waals surface area contributed by atoms with Gasteiger partial charge < -0.3 is 16.4 Å². The molecule has 0 atom stereocenters. The summed E-state index contributed by atoms with van der Waals surface area (Å²) in [4.78, 5) is 11.5. The van der Waals surface area contributed by atoms with E-state index in [-0.39, 0.29) is 11.4 Å². The van der Waals surface area contributed by atoms with Crippen molar-refractivity contribution >= 4 is 17.3 Å². The topological polar surface area (TPSA) is 67.2 Å². The van der Waals surface area contributed by atoms with E-state index in [2.05, 4.69) is 24.5 Å². The van der Waals surface area contributed by atoms with Gasteiger partial charge in [0, 0.05) is 18.2 Å². The molecule has 0 unspecified atom stereocenters. The van der Waals surface area contributed by atoms with Crippen LogP contribution in [0.15, 0.2) is 18.2 Å². The first-order chi connectivity index (χ1) is 8.44. The van der Waals surface area contributed by atoms with Crippen molar-refractivity contribution in [1.29, 1.82) is 0 Å². The highest BCUT2D eigenvalue weighted by Crippen LogP contribution is 2.41. The summed E-state index contributed by atoms with van der Waals surface area (Å²) < 4.78 is 0. The minimum absolute atomic E-state index is 0.0582. The van der Waals surface area contributed by atoms with Crippen LogP contribution in [0.5, 0.6) is 0 Å². The predicted octanol–water partition coefficient (Wildman–Crippen LogP) is 2.23. The van der Waals surface area contributed by atoms with Gasteiger partial charge in [0.25, 0.3) is 5.91 Å². The standard InChI is InChI=1S/C14H21N3O/c1-14(2,10-5-6-10)17-12-7-4-9(8-11(12)15)13(18)16-3/h4,7-8,10,17H,5-6,15H2,1-3H3,(H,16,18). The molecule has 0 aliphatic heterocycles. The number of benzene rings is 1. The second-order valence-corrected chi connectivity index (χ2v) is 5.50. The third-order valence-electron chi connectivity index (χ3n) is 3.60. The molecule has 4 N–H and O–H groups in total. The highest BCUT2D eigenvalue weighted by Gasteiger charge is 2.37.